The Morgan fingerprint density at radius 3 is 2.32 bits per heavy atom. The molecule has 0 aliphatic heterocycles. The van der Waals surface area contributed by atoms with Crippen molar-refractivity contribution < 1.29 is 18.1 Å². The summed E-state index contributed by atoms with van der Waals surface area (Å²) < 4.78 is 23.6. The summed E-state index contributed by atoms with van der Waals surface area (Å²) >= 11 is 0. The summed E-state index contributed by atoms with van der Waals surface area (Å²) in [7, 11) is -3.71. The first-order valence-electron chi connectivity index (χ1n) is 8.25. The smallest absolute Gasteiger partial charge is 0.271 e. The van der Waals surface area contributed by atoms with E-state index in [1.165, 1.54) is 4.90 Å². The maximum absolute atomic E-state index is 12.9. The first kappa shape index (κ1) is 23.5. The monoisotopic (exact) mass is 427 g/mol. The lowest BCUT2D eigenvalue weighted by Crippen LogP contribution is -2.37. The van der Waals surface area contributed by atoms with Gasteiger partial charge in [0.15, 0.2) is 9.84 Å². The molecule has 2 rings (SSSR count). The SMILES string of the molecule is CS(=O)(=O)c1cc(C(=O)N(CCN)CCc2ccccc2)cc([N+](=O)[O-])c1.Cl. The second kappa shape index (κ2) is 10.2. The third-order valence-corrected chi connectivity index (χ3v) is 5.07. The number of hydrogen-bond acceptors (Lipinski definition) is 6. The van der Waals surface area contributed by atoms with Crippen LogP contribution < -0.4 is 5.73 Å². The van der Waals surface area contributed by atoms with Crippen LogP contribution in [0.4, 0.5) is 5.69 Å². The fourth-order valence-corrected chi connectivity index (χ4v) is 3.26. The number of carbonyl (C=O) groups excluding carboxylic acids is 1. The summed E-state index contributed by atoms with van der Waals surface area (Å²) in [5.74, 6) is -0.495. The van der Waals surface area contributed by atoms with E-state index in [9.17, 15) is 23.3 Å². The number of amides is 1. The Hall–Kier alpha value is -2.49. The molecule has 0 aromatic heterocycles. The van der Waals surface area contributed by atoms with E-state index >= 15 is 0 Å². The van der Waals surface area contributed by atoms with Crippen molar-refractivity contribution in [3.05, 3.63) is 69.8 Å². The van der Waals surface area contributed by atoms with Crippen LogP contribution in [-0.2, 0) is 16.3 Å². The highest BCUT2D eigenvalue weighted by molar-refractivity contribution is 7.90. The minimum Gasteiger partial charge on any atom is -0.337 e. The fraction of sp³-hybridized carbons (Fsp3) is 0.278. The van der Waals surface area contributed by atoms with Crippen LogP contribution in [0.3, 0.4) is 0 Å². The minimum absolute atomic E-state index is 0. The highest BCUT2D eigenvalue weighted by atomic mass is 35.5. The van der Waals surface area contributed by atoms with Crippen LogP contribution in [0.15, 0.2) is 53.4 Å². The van der Waals surface area contributed by atoms with Gasteiger partial charge in [0.2, 0.25) is 0 Å². The van der Waals surface area contributed by atoms with Gasteiger partial charge in [-0.3, -0.25) is 14.9 Å². The van der Waals surface area contributed by atoms with Crippen LogP contribution in [0.5, 0.6) is 0 Å². The Kier molecular flexibility index (Phi) is 8.55. The van der Waals surface area contributed by atoms with Crippen LogP contribution in [-0.4, -0.2) is 50.0 Å². The Morgan fingerprint density at radius 1 is 1.14 bits per heavy atom. The molecule has 0 saturated heterocycles. The molecule has 8 nitrogen and oxygen atoms in total. The second-order valence-electron chi connectivity index (χ2n) is 6.06. The van der Waals surface area contributed by atoms with Gasteiger partial charge in [-0.25, -0.2) is 8.42 Å². The minimum atomic E-state index is -3.71. The number of sulfone groups is 1. The molecule has 0 radical (unpaired) electrons. The zero-order chi connectivity index (χ0) is 20.0. The van der Waals surface area contributed by atoms with Gasteiger partial charge in [-0.2, -0.15) is 0 Å². The first-order valence-corrected chi connectivity index (χ1v) is 10.1. The highest BCUT2D eigenvalue weighted by Gasteiger charge is 2.22. The molecule has 0 spiro atoms. The topological polar surface area (TPSA) is 124 Å². The lowest BCUT2D eigenvalue weighted by Gasteiger charge is -2.22. The molecule has 0 fully saturated rings. The van der Waals surface area contributed by atoms with E-state index in [0.29, 0.717) is 13.0 Å². The average molecular weight is 428 g/mol. The van der Waals surface area contributed by atoms with E-state index in [2.05, 4.69) is 0 Å². The van der Waals surface area contributed by atoms with Crippen molar-refractivity contribution in [2.75, 3.05) is 25.9 Å². The highest BCUT2D eigenvalue weighted by Crippen LogP contribution is 2.22. The molecule has 0 aliphatic rings. The molecule has 0 aliphatic carbocycles. The zero-order valence-corrected chi connectivity index (χ0v) is 16.9. The lowest BCUT2D eigenvalue weighted by molar-refractivity contribution is -0.385. The molecule has 152 valence electrons. The van der Waals surface area contributed by atoms with Gasteiger partial charge >= 0.3 is 0 Å². The largest absolute Gasteiger partial charge is 0.337 e. The van der Waals surface area contributed by atoms with Gasteiger partial charge in [0.25, 0.3) is 11.6 Å². The van der Waals surface area contributed by atoms with E-state index in [4.69, 9.17) is 5.73 Å². The van der Waals surface area contributed by atoms with Gasteiger partial charge in [0.05, 0.1) is 9.82 Å². The summed E-state index contributed by atoms with van der Waals surface area (Å²) in [5, 5.41) is 11.1. The van der Waals surface area contributed by atoms with E-state index < -0.39 is 26.4 Å². The number of nitrogens with two attached hydrogens (primary N) is 1. The number of nitro groups is 1. The van der Waals surface area contributed by atoms with Crippen LogP contribution >= 0.6 is 12.4 Å². The molecule has 2 aromatic carbocycles. The summed E-state index contributed by atoms with van der Waals surface area (Å²) in [6.45, 7) is 0.827. The van der Waals surface area contributed by atoms with Gasteiger partial charge in [0, 0.05) is 43.6 Å². The molecular formula is C18H22ClN3O5S. The summed E-state index contributed by atoms with van der Waals surface area (Å²) in [5.41, 5.74) is 6.13. The Labute approximate surface area is 169 Å². The quantitative estimate of drug-likeness (QED) is 0.508. The Bertz CT molecular complexity index is 935. The summed E-state index contributed by atoms with van der Waals surface area (Å²) in [6.07, 6.45) is 1.52. The number of halogens is 1. The number of carbonyl (C=O) groups is 1. The average Bonchev–Trinajstić information content (AvgIpc) is 2.64. The molecule has 0 atom stereocenters. The predicted molar refractivity (Wildman–Crippen MR) is 109 cm³/mol. The van der Waals surface area contributed by atoms with E-state index in [1.807, 2.05) is 30.3 Å². The number of hydrogen-bond donors (Lipinski definition) is 1. The van der Waals surface area contributed by atoms with E-state index in [-0.39, 0.29) is 36.0 Å². The van der Waals surface area contributed by atoms with Crippen LogP contribution in [0.2, 0.25) is 0 Å². The van der Waals surface area contributed by atoms with Crippen molar-refractivity contribution in [1.29, 1.82) is 0 Å². The number of benzene rings is 2. The molecule has 2 N–H and O–H groups in total. The van der Waals surface area contributed by atoms with Crippen molar-refractivity contribution in [2.45, 2.75) is 11.3 Å². The van der Waals surface area contributed by atoms with E-state index in [0.717, 1.165) is 30.0 Å². The molecule has 0 bridgehead atoms. The molecule has 1 amide bonds. The van der Waals surface area contributed by atoms with Gasteiger partial charge in [-0.1, -0.05) is 30.3 Å². The number of nitro benzene ring substituents is 1. The molecule has 0 heterocycles. The molecule has 28 heavy (non-hydrogen) atoms. The standard InChI is InChI=1S/C18H21N3O5S.ClH/c1-27(25,26)17-12-15(11-16(13-17)21(23)24)18(22)20(10-8-19)9-7-14-5-3-2-4-6-14;/h2-6,11-13H,7-10,19H2,1H3;1H. The van der Waals surface area contributed by atoms with Crippen molar-refractivity contribution in [1.82, 2.24) is 4.90 Å². The van der Waals surface area contributed by atoms with Gasteiger partial charge < -0.3 is 10.6 Å². The Balaban J connectivity index is 0.00000392. The molecule has 10 heteroatoms. The zero-order valence-electron chi connectivity index (χ0n) is 15.3. The maximum Gasteiger partial charge on any atom is 0.271 e. The second-order valence-corrected chi connectivity index (χ2v) is 8.08. The maximum atomic E-state index is 12.9. The number of rotatable bonds is 8. The molecule has 2 aromatic rings. The molecule has 0 saturated carbocycles. The fourth-order valence-electron chi connectivity index (χ4n) is 2.59. The first-order chi connectivity index (χ1) is 12.7. The van der Waals surface area contributed by atoms with Gasteiger partial charge in [-0.15, -0.1) is 12.4 Å². The molecular weight excluding hydrogens is 406 g/mol. The normalized spacial score (nSPS) is 10.8. The number of non-ortho nitro benzene ring substituents is 1. The van der Waals surface area contributed by atoms with Crippen LogP contribution in [0, 0.1) is 10.1 Å². The van der Waals surface area contributed by atoms with Gasteiger partial charge in [-0.05, 0) is 18.1 Å². The van der Waals surface area contributed by atoms with Crippen LogP contribution in [0.25, 0.3) is 0 Å². The van der Waals surface area contributed by atoms with Crippen LogP contribution in [0.1, 0.15) is 15.9 Å². The third kappa shape index (κ3) is 6.29. The van der Waals surface area contributed by atoms with Gasteiger partial charge in [0.1, 0.15) is 0 Å². The van der Waals surface area contributed by atoms with Crippen molar-refractivity contribution in [3.63, 3.8) is 0 Å². The predicted octanol–water partition coefficient (Wildman–Crippen LogP) is 2.06. The van der Waals surface area contributed by atoms with E-state index in [1.54, 1.807) is 0 Å². The van der Waals surface area contributed by atoms with Crippen molar-refractivity contribution in [3.8, 4) is 0 Å². The van der Waals surface area contributed by atoms with Crippen molar-refractivity contribution in [2.24, 2.45) is 5.73 Å². The third-order valence-electron chi connectivity index (χ3n) is 3.98. The Morgan fingerprint density at radius 2 is 1.79 bits per heavy atom. The summed E-state index contributed by atoms with van der Waals surface area (Å²) in [4.78, 5) is 24.5. The molecule has 0 unspecified atom stereocenters. The number of nitrogens with zero attached hydrogens (tertiary/aromatic N) is 2. The lowest BCUT2D eigenvalue weighted by atomic mass is 10.1. The summed E-state index contributed by atoms with van der Waals surface area (Å²) in [6, 6.07) is 12.7. The van der Waals surface area contributed by atoms with Crippen molar-refractivity contribution >= 4 is 33.8 Å².